The van der Waals surface area contributed by atoms with Crippen molar-refractivity contribution < 1.29 is 0 Å². The summed E-state index contributed by atoms with van der Waals surface area (Å²) in [5, 5.41) is 9.11. The molecule has 62 valence electrons. The van der Waals surface area contributed by atoms with Crippen molar-refractivity contribution in [3.63, 3.8) is 0 Å². The molecule has 0 amide bonds. The summed E-state index contributed by atoms with van der Waals surface area (Å²) in [6.45, 7) is 2.40. The van der Waals surface area contributed by atoms with Gasteiger partial charge in [0.15, 0.2) is 0 Å². The topological polar surface area (TPSA) is 27.0 Å². The Bertz CT molecular complexity index is 145. The first-order chi connectivity index (χ1) is 5.33. The third kappa shape index (κ3) is 3.13. The number of piperidine rings is 1. The molecular weight excluding hydrogens is 156 g/mol. The Morgan fingerprint density at radius 2 is 2.18 bits per heavy atom. The lowest BCUT2D eigenvalue weighted by Crippen LogP contribution is -2.31. The van der Waals surface area contributed by atoms with Gasteiger partial charge in [0.25, 0.3) is 0 Å². The summed E-state index contributed by atoms with van der Waals surface area (Å²) in [6, 6.07) is 2.18. The Morgan fingerprint density at radius 3 is 2.73 bits per heavy atom. The Hall–Kier alpha value is -0.200. The highest BCUT2D eigenvalue weighted by Gasteiger charge is 2.15. The molecule has 1 rings (SSSR count). The molecule has 2 nitrogen and oxygen atoms in total. The fourth-order valence-corrected chi connectivity index (χ4v) is 2.16. The molecule has 0 bridgehead atoms. The molecule has 0 aromatic rings. The van der Waals surface area contributed by atoms with Gasteiger partial charge in [-0.3, -0.25) is 0 Å². The van der Waals surface area contributed by atoms with Crippen LogP contribution in [0.25, 0.3) is 0 Å². The molecule has 0 aliphatic carbocycles. The molecule has 1 heterocycles. The van der Waals surface area contributed by atoms with Crippen molar-refractivity contribution >= 4 is 11.8 Å². The number of nitriles is 1. The van der Waals surface area contributed by atoms with Crippen LogP contribution in [-0.4, -0.2) is 36.0 Å². The smallest absolute Gasteiger partial charge is 0.0810 e. The zero-order chi connectivity index (χ0) is 8.10. The van der Waals surface area contributed by atoms with E-state index in [1.807, 2.05) is 11.8 Å². The van der Waals surface area contributed by atoms with Gasteiger partial charge in [-0.2, -0.15) is 5.26 Å². The fourth-order valence-electron chi connectivity index (χ4n) is 1.31. The van der Waals surface area contributed by atoms with Gasteiger partial charge in [-0.1, -0.05) is 0 Å². The minimum absolute atomic E-state index is 0.661. The van der Waals surface area contributed by atoms with Crippen molar-refractivity contribution in [3.8, 4) is 6.07 Å². The second-order valence-electron chi connectivity index (χ2n) is 2.97. The van der Waals surface area contributed by atoms with Crippen LogP contribution in [0.1, 0.15) is 12.8 Å². The third-order valence-electron chi connectivity index (χ3n) is 2.05. The monoisotopic (exact) mass is 170 g/mol. The van der Waals surface area contributed by atoms with E-state index in [0.29, 0.717) is 5.75 Å². The first kappa shape index (κ1) is 8.89. The fraction of sp³-hybridized carbons (Fsp3) is 0.875. The van der Waals surface area contributed by atoms with E-state index in [1.165, 1.54) is 25.9 Å². The number of thioether (sulfide) groups is 1. The number of rotatable bonds is 2. The van der Waals surface area contributed by atoms with Gasteiger partial charge in [0.1, 0.15) is 0 Å². The van der Waals surface area contributed by atoms with Gasteiger partial charge in [-0.15, -0.1) is 11.8 Å². The average Bonchev–Trinajstić information content (AvgIpc) is 2.04. The van der Waals surface area contributed by atoms with Crippen LogP contribution in [-0.2, 0) is 0 Å². The summed E-state index contributed by atoms with van der Waals surface area (Å²) in [7, 11) is 2.16. The van der Waals surface area contributed by atoms with E-state index < -0.39 is 0 Å². The first-order valence-electron chi connectivity index (χ1n) is 4.00. The van der Waals surface area contributed by atoms with Gasteiger partial charge in [-0.05, 0) is 33.0 Å². The van der Waals surface area contributed by atoms with Crippen molar-refractivity contribution in [3.05, 3.63) is 0 Å². The molecule has 0 aromatic heterocycles. The maximum absolute atomic E-state index is 8.37. The molecule has 11 heavy (non-hydrogen) atoms. The maximum Gasteiger partial charge on any atom is 0.0810 e. The van der Waals surface area contributed by atoms with E-state index in [1.54, 1.807) is 0 Å². The van der Waals surface area contributed by atoms with E-state index in [2.05, 4.69) is 18.0 Å². The Kier molecular flexibility index (Phi) is 3.74. The Morgan fingerprint density at radius 1 is 1.55 bits per heavy atom. The normalized spacial score (nSPS) is 21.5. The summed E-state index contributed by atoms with van der Waals surface area (Å²) in [4.78, 5) is 2.35. The largest absolute Gasteiger partial charge is 0.306 e. The molecule has 0 spiro atoms. The van der Waals surface area contributed by atoms with Gasteiger partial charge >= 0.3 is 0 Å². The molecule has 0 N–H and O–H groups in total. The van der Waals surface area contributed by atoms with Crippen molar-refractivity contribution in [1.29, 1.82) is 5.26 Å². The van der Waals surface area contributed by atoms with Gasteiger partial charge in [0.05, 0.1) is 11.8 Å². The molecule has 0 unspecified atom stereocenters. The summed E-state index contributed by atoms with van der Waals surface area (Å²) in [5.41, 5.74) is 0. The Balaban J connectivity index is 2.13. The van der Waals surface area contributed by atoms with E-state index in [9.17, 15) is 0 Å². The highest BCUT2D eigenvalue weighted by atomic mass is 32.2. The van der Waals surface area contributed by atoms with Crippen LogP contribution in [0.2, 0.25) is 0 Å². The lowest BCUT2D eigenvalue weighted by atomic mass is 10.1. The van der Waals surface area contributed by atoms with Crippen molar-refractivity contribution in [2.75, 3.05) is 25.9 Å². The van der Waals surface area contributed by atoms with E-state index in [-0.39, 0.29) is 0 Å². The lowest BCUT2D eigenvalue weighted by molar-refractivity contribution is 0.282. The van der Waals surface area contributed by atoms with Crippen molar-refractivity contribution in [2.24, 2.45) is 0 Å². The van der Waals surface area contributed by atoms with E-state index >= 15 is 0 Å². The van der Waals surface area contributed by atoms with E-state index in [0.717, 1.165) is 5.25 Å². The zero-order valence-corrected chi connectivity index (χ0v) is 7.73. The zero-order valence-electron chi connectivity index (χ0n) is 6.92. The number of hydrogen-bond acceptors (Lipinski definition) is 3. The molecule has 1 saturated heterocycles. The first-order valence-corrected chi connectivity index (χ1v) is 5.05. The molecule has 0 atom stereocenters. The van der Waals surface area contributed by atoms with Gasteiger partial charge in [0.2, 0.25) is 0 Å². The maximum atomic E-state index is 8.37. The van der Waals surface area contributed by atoms with Crippen LogP contribution >= 0.6 is 11.8 Å². The summed E-state index contributed by atoms with van der Waals surface area (Å²) >= 11 is 1.81. The number of likely N-dealkylation sites (tertiary alicyclic amines) is 1. The predicted octanol–water partition coefficient (Wildman–Crippen LogP) is 1.34. The summed E-state index contributed by atoms with van der Waals surface area (Å²) in [6.07, 6.45) is 2.51. The molecule has 1 fully saturated rings. The Labute approximate surface area is 72.6 Å². The number of nitrogens with zero attached hydrogens (tertiary/aromatic N) is 2. The van der Waals surface area contributed by atoms with Crippen molar-refractivity contribution in [2.45, 2.75) is 18.1 Å². The summed E-state index contributed by atoms with van der Waals surface area (Å²) in [5.74, 6) is 0.661. The molecule has 3 heteroatoms. The van der Waals surface area contributed by atoms with Crippen LogP contribution in [0, 0.1) is 11.3 Å². The predicted molar refractivity (Wildman–Crippen MR) is 48.6 cm³/mol. The van der Waals surface area contributed by atoms with Crippen LogP contribution < -0.4 is 0 Å². The van der Waals surface area contributed by atoms with Gasteiger partial charge < -0.3 is 4.90 Å². The van der Waals surface area contributed by atoms with Crippen LogP contribution in [0.4, 0.5) is 0 Å². The second-order valence-corrected chi connectivity index (χ2v) is 4.26. The van der Waals surface area contributed by atoms with Crippen LogP contribution in [0.15, 0.2) is 0 Å². The van der Waals surface area contributed by atoms with Crippen molar-refractivity contribution in [1.82, 2.24) is 4.90 Å². The SMILES string of the molecule is CN1CCC(SCC#N)CC1. The van der Waals surface area contributed by atoms with Gasteiger partial charge in [-0.25, -0.2) is 0 Å². The van der Waals surface area contributed by atoms with Crippen LogP contribution in [0.5, 0.6) is 0 Å². The van der Waals surface area contributed by atoms with Crippen LogP contribution in [0.3, 0.4) is 0 Å². The minimum atomic E-state index is 0.661. The summed E-state index contributed by atoms with van der Waals surface area (Å²) < 4.78 is 0. The lowest BCUT2D eigenvalue weighted by Gasteiger charge is -2.27. The molecule has 0 radical (unpaired) electrons. The molecule has 0 saturated carbocycles. The van der Waals surface area contributed by atoms with E-state index in [4.69, 9.17) is 5.26 Å². The highest BCUT2D eigenvalue weighted by molar-refractivity contribution is 8.00. The standard InChI is InChI=1S/C8H14N2S/c1-10-5-2-8(3-6-10)11-7-4-9/h8H,2-3,5-7H2,1H3. The molecule has 1 aliphatic rings. The van der Waals surface area contributed by atoms with Gasteiger partial charge in [0, 0.05) is 5.25 Å². The minimum Gasteiger partial charge on any atom is -0.306 e. The average molecular weight is 170 g/mol. The second kappa shape index (κ2) is 4.63. The molecular formula is C8H14N2S. The quantitative estimate of drug-likeness (QED) is 0.625. The molecule has 1 aliphatic heterocycles. The number of hydrogen-bond donors (Lipinski definition) is 0. The highest BCUT2D eigenvalue weighted by Crippen LogP contribution is 2.21. The molecule has 0 aromatic carbocycles. The third-order valence-corrected chi connectivity index (χ3v) is 3.29.